The lowest BCUT2D eigenvalue weighted by atomic mass is 9.87. The lowest BCUT2D eigenvalue weighted by Crippen LogP contribution is -2.40. The molecule has 0 radical (unpaired) electrons. The number of allylic oxidation sites excluding steroid dienone is 1. The summed E-state index contributed by atoms with van der Waals surface area (Å²) in [6, 6.07) is 14.1. The van der Waals surface area contributed by atoms with Crippen molar-refractivity contribution in [1.82, 2.24) is 5.32 Å². The SMILES string of the molecule is CC(C)(C)c1ccc(/C=C/C(=O)c2ccc(OCC(=O)N[C@H]3CCOC3=O)cc2)cc1. The lowest BCUT2D eigenvalue weighted by Gasteiger charge is -2.18. The molecule has 0 aromatic heterocycles. The first-order valence-corrected chi connectivity index (χ1v) is 10.2. The molecule has 2 aromatic carbocycles. The molecule has 1 aliphatic heterocycles. The Bertz CT molecular complexity index is 968. The van der Waals surface area contributed by atoms with E-state index in [1.807, 2.05) is 12.1 Å². The van der Waals surface area contributed by atoms with Gasteiger partial charge in [0, 0.05) is 12.0 Å². The standard InChI is InChI=1S/C25H27NO5/c1-25(2,3)19-9-4-17(5-10-19)6-13-22(27)18-7-11-20(12-8-18)31-16-23(28)26-21-14-15-30-24(21)29/h4-13,21H,14-16H2,1-3H3,(H,26,28)/b13-6+/t21-/m0/s1. The first-order valence-electron chi connectivity index (χ1n) is 10.2. The molecule has 3 rings (SSSR count). The van der Waals surface area contributed by atoms with Gasteiger partial charge in [-0.15, -0.1) is 0 Å². The molecule has 162 valence electrons. The number of carbonyl (C=O) groups excluding carboxylic acids is 3. The van der Waals surface area contributed by atoms with Crippen molar-refractivity contribution in [1.29, 1.82) is 0 Å². The van der Waals surface area contributed by atoms with Gasteiger partial charge in [-0.3, -0.25) is 9.59 Å². The van der Waals surface area contributed by atoms with Crippen LogP contribution in [0.2, 0.25) is 0 Å². The number of esters is 1. The van der Waals surface area contributed by atoms with Crippen molar-refractivity contribution in [2.75, 3.05) is 13.2 Å². The molecule has 1 N–H and O–H groups in total. The Labute approximate surface area is 182 Å². The third-order valence-corrected chi connectivity index (χ3v) is 4.98. The summed E-state index contributed by atoms with van der Waals surface area (Å²) in [5, 5.41) is 2.57. The molecule has 2 aromatic rings. The fraction of sp³-hybridized carbons (Fsp3) is 0.320. The van der Waals surface area contributed by atoms with Gasteiger partial charge in [0.25, 0.3) is 5.91 Å². The average molecular weight is 421 g/mol. The number of benzene rings is 2. The van der Waals surface area contributed by atoms with Crippen LogP contribution >= 0.6 is 0 Å². The number of nitrogens with one attached hydrogen (secondary N) is 1. The van der Waals surface area contributed by atoms with E-state index < -0.39 is 17.9 Å². The van der Waals surface area contributed by atoms with Crippen molar-refractivity contribution < 1.29 is 23.9 Å². The maximum atomic E-state index is 12.4. The van der Waals surface area contributed by atoms with Crippen LogP contribution in [0.15, 0.2) is 54.6 Å². The molecule has 1 amide bonds. The zero-order valence-electron chi connectivity index (χ0n) is 18.0. The molecular weight excluding hydrogens is 394 g/mol. The molecule has 31 heavy (non-hydrogen) atoms. The van der Waals surface area contributed by atoms with Crippen LogP contribution in [-0.4, -0.2) is 36.9 Å². The Balaban J connectivity index is 1.51. The number of amides is 1. The maximum Gasteiger partial charge on any atom is 0.328 e. The molecule has 1 fully saturated rings. The topological polar surface area (TPSA) is 81.7 Å². The molecule has 1 saturated heterocycles. The summed E-state index contributed by atoms with van der Waals surface area (Å²) in [5.41, 5.74) is 2.81. The fourth-order valence-electron chi connectivity index (χ4n) is 3.09. The first-order chi connectivity index (χ1) is 14.7. The molecular formula is C25H27NO5. The van der Waals surface area contributed by atoms with E-state index in [0.29, 0.717) is 24.3 Å². The number of ether oxygens (including phenoxy) is 2. The minimum absolute atomic E-state index is 0.0882. The Kier molecular flexibility index (Phi) is 6.90. The third-order valence-electron chi connectivity index (χ3n) is 4.98. The molecule has 1 heterocycles. The fourth-order valence-corrected chi connectivity index (χ4v) is 3.09. The van der Waals surface area contributed by atoms with Crippen molar-refractivity contribution in [3.63, 3.8) is 0 Å². The van der Waals surface area contributed by atoms with Crippen LogP contribution in [0.4, 0.5) is 0 Å². The van der Waals surface area contributed by atoms with E-state index in [0.717, 1.165) is 5.56 Å². The first kappa shape index (κ1) is 22.3. The van der Waals surface area contributed by atoms with Gasteiger partial charge in [-0.2, -0.15) is 0 Å². The highest BCUT2D eigenvalue weighted by molar-refractivity contribution is 6.06. The summed E-state index contributed by atoms with van der Waals surface area (Å²) in [7, 11) is 0. The monoisotopic (exact) mass is 421 g/mol. The molecule has 1 aliphatic rings. The van der Waals surface area contributed by atoms with Crippen LogP contribution in [-0.2, 0) is 19.7 Å². The summed E-state index contributed by atoms with van der Waals surface area (Å²) in [6.07, 6.45) is 3.79. The third kappa shape index (κ3) is 6.28. The van der Waals surface area contributed by atoms with E-state index in [2.05, 4.69) is 38.2 Å². The van der Waals surface area contributed by atoms with Gasteiger partial charge in [-0.1, -0.05) is 51.1 Å². The second-order valence-electron chi connectivity index (χ2n) is 8.46. The van der Waals surface area contributed by atoms with Crippen molar-refractivity contribution >= 4 is 23.7 Å². The maximum absolute atomic E-state index is 12.4. The number of carbonyl (C=O) groups is 3. The highest BCUT2D eigenvalue weighted by Gasteiger charge is 2.27. The van der Waals surface area contributed by atoms with Gasteiger partial charge < -0.3 is 14.8 Å². The summed E-state index contributed by atoms with van der Waals surface area (Å²) in [5.74, 6) is -0.481. The second kappa shape index (κ2) is 9.60. The Morgan fingerprint density at radius 1 is 1.10 bits per heavy atom. The molecule has 0 aliphatic carbocycles. The summed E-state index contributed by atoms with van der Waals surface area (Å²) < 4.78 is 10.2. The van der Waals surface area contributed by atoms with Gasteiger partial charge in [0.15, 0.2) is 12.4 Å². The molecule has 0 saturated carbocycles. The normalized spacial score (nSPS) is 16.2. The molecule has 6 heteroatoms. The quantitative estimate of drug-likeness (QED) is 0.419. The predicted molar refractivity (Wildman–Crippen MR) is 118 cm³/mol. The number of cyclic esters (lactones) is 1. The van der Waals surface area contributed by atoms with Gasteiger partial charge >= 0.3 is 5.97 Å². The molecule has 0 spiro atoms. The summed E-state index contributed by atoms with van der Waals surface area (Å²) >= 11 is 0. The number of hydrogen-bond acceptors (Lipinski definition) is 5. The van der Waals surface area contributed by atoms with Crippen LogP contribution in [0.5, 0.6) is 5.75 Å². The lowest BCUT2D eigenvalue weighted by molar-refractivity contribution is -0.141. The van der Waals surface area contributed by atoms with Crippen LogP contribution in [0.25, 0.3) is 6.08 Å². The van der Waals surface area contributed by atoms with Gasteiger partial charge in [0.1, 0.15) is 11.8 Å². The summed E-state index contributed by atoms with van der Waals surface area (Å²) in [4.78, 5) is 35.7. The van der Waals surface area contributed by atoms with Crippen LogP contribution in [0.1, 0.15) is 48.7 Å². The minimum Gasteiger partial charge on any atom is -0.484 e. The van der Waals surface area contributed by atoms with Gasteiger partial charge in [0.2, 0.25) is 0 Å². The van der Waals surface area contributed by atoms with Crippen molar-refractivity contribution in [3.8, 4) is 5.75 Å². The largest absolute Gasteiger partial charge is 0.484 e. The average Bonchev–Trinajstić information content (AvgIpc) is 3.15. The molecule has 0 bridgehead atoms. The van der Waals surface area contributed by atoms with E-state index >= 15 is 0 Å². The van der Waals surface area contributed by atoms with Crippen molar-refractivity contribution in [2.24, 2.45) is 0 Å². The van der Waals surface area contributed by atoms with Crippen LogP contribution < -0.4 is 10.1 Å². The van der Waals surface area contributed by atoms with E-state index in [-0.39, 0.29) is 17.8 Å². The number of rotatable bonds is 7. The van der Waals surface area contributed by atoms with E-state index in [9.17, 15) is 14.4 Å². The Hall–Kier alpha value is -3.41. The van der Waals surface area contributed by atoms with Crippen molar-refractivity contribution in [2.45, 2.75) is 38.6 Å². The van der Waals surface area contributed by atoms with E-state index in [4.69, 9.17) is 9.47 Å². The molecule has 1 atom stereocenters. The van der Waals surface area contributed by atoms with Crippen LogP contribution in [0.3, 0.4) is 0 Å². The summed E-state index contributed by atoms with van der Waals surface area (Å²) in [6.45, 7) is 6.57. The minimum atomic E-state index is -0.604. The van der Waals surface area contributed by atoms with Gasteiger partial charge in [0.05, 0.1) is 6.61 Å². The van der Waals surface area contributed by atoms with Crippen molar-refractivity contribution in [3.05, 3.63) is 71.3 Å². The highest BCUT2D eigenvalue weighted by Crippen LogP contribution is 2.22. The highest BCUT2D eigenvalue weighted by atomic mass is 16.5. The van der Waals surface area contributed by atoms with Gasteiger partial charge in [-0.25, -0.2) is 4.79 Å². The number of hydrogen-bond donors (Lipinski definition) is 1. The Morgan fingerprint density at radius 2 is 1.77 bits per heavy atom. The zero-order valence-corrected chi connectivity index (χ0v) is 18.0. The van der Waals surface area contributed by atoms with E-state index in [1.54, 1.807) is 30.3 Å². The Morgan fingerprint density at radius 3 is 2.35 bits per heavy atom. The predicted octanol–water partition coefficient (Wildman–Crippen LogP) is 3.69. The number of ketones is 1. The van der Waals surface area contributed by atoms with Crippen LogP contribution in [0, 0.1) is 0 Å². The molecule has 0 unspecified atom stereocenters. The van der Waals surface area contributed by atoms with Gasteiger partial charge in [-0.05, 0) is 46.9 Å². The second-order valence-corrected chi connectivity index (χ2v) is 8.46. The van der Waals surface area contributed by atoms with E-state index in [1.165, 1.54) is 11.6 Å². The zero-order chi connectivity index (χ0) is 22.4. The molecule has 6 nitrogen and oxygen atoms in total. The smallest absolute Gasteiger partial charge is 0.328 e.